The van der Waals surface area contributed by atoms with Crippen molar-refractivity contribution in [3.05, 3.63) is 5.21 Å². The fourth-order valence-electron chi connectivity index (χ4n) is 0.371. The summed E-state index contributed by atoms with van der Waals surface area (Å²) in [5.41, 5.74) is 0. The second kappa shape index (κ2) is 3.43. The fourth-order valence-corrected chi connectivity index (χ4v) is 0.371. The third-order valence-electron chi connectivity index (χ3n) is 0.815. The van der Waals surface area contributed by atoms with Crippen molar-refractivity contribution in [2.24, 2.45) is 0 Å². The van der Waals surface area contributed by atoms with E-state index < -0.39 is 0 Å². The highest BCUT2D eigenvalue weighted by Gasteiger charge is 1.94. The number of rotatable bonds is 2. The van der Waals surface area contributed by atoms with Crippen molar-refractivity contribution in [1.29, 1.82) is 0 Å². The van der Waals surface area contributed by atoms with Gasteiger partial charge in [0.05, 0.1) is 0 Å². The number of nitrogens with zero attached hydrogens (tertiary/aromatic N) is 1. The van der Waals surface area contributed by atoms with Gasteiger partial charge < -0.3 is 10.3 Å². The second-order valence-corrected chi connectivity index (χ2v) is 1.64. The van der Waals surface area contributed by atoms with Crippen LogP contribution in [0.2, 0.25) is 0 Å². The average Bonchev–Trinajstić information content (AvgIpc) is 1.67. The highest BCUT2D eigenvalue weighted by molar-refractivity contribution is 5.75. The molecule has 0 fully saturated rings. The van der Waals surface area contributed by atoms with Crippen LogP contribution in [0.25, 0.3) is 0 Å². The molecule has 1 amide bonds. The van der Waals surface area contributed by atoms with E-state index in [2.05, 4.69) is 0 Å². The highest BCUT2D eigenvalue weighted by atomic mass is 16.5. The van der Waals surface area contributed by atoms with E-state index in [1.807, 2.05) is 6.92 Å². The van der Waals surface area contributed by atoms with Crippen LogP contribution in [0.3, 0.4) is 0 Å². The van der Waals surface area contributed by atoms with Gasteiger partial charge in [0.25, 0.3) is 0 Å². The molecule has 48 valence electrons. The van der Waals surface area contributed by atoms with Gasteiger partial charge in [-0.2, -0.15) is 0 Å². The minimum atomic E-state index is -0.340. The van der Waals surface area contributed by atoms with Gasteiger partial charge in [-0.05, 0) is 13.5 Å². The zero-order chi connectivity index (χ0) is 6.57. The van der Waals surface area contributed by atoms with Crippen molar-refractivity contribution in [2.45, 2.75) is 19.8 Å². The van der Waals surface area contributed by atoms with Crippen molar-refractivity contribution < 1.29 is 4.79 Å². The van der Waals surface area contributed by atoms with Crippen LogP contribution in [0.15, 0.2) is 0 Å². The van der Waals surface area contributed by atoms with E-state index >= 15 is 0 Å². The zero-order valence-electron chi connectivity index (χ0n) is 5.18. The summed E-state index contributed by atoms with van der Waals surface area (Å²) in [5.74, 6) is -0.340. The molecule has 3 heteroatoms. The molecular weight excluding hydrogens is 106 g/mol. The number of amides is 1. The van der Waals surface area contributed by atoms with E-state index in [9.17, 15) is 10.0 Å². The Morgan fingerprint density at radius 3 is 2.38 bits per heavy atom. The van der Waals surface area contributed by atoms with Gasteiger partial charge in [0.2, 0.25) is 5.91 Å². The number of hydrogen-bond donors (Lipinski definition) is 0. The Morgan fingerprint density at radius 2 is 2.25 bits per heavy atom. The molecule has 0 rings (SSSR count). The van der Waals surface area contributed by atoms with Crippen molar-refractivity contribution in [3.63, 3.8) is 0 Å². The van der Waals surface area contributed by atoms with E-state index in [0.717, 1.165) is 6.42 Å². The Labute approximate surface area is 48.9 Å². The first-order chi connectivity index (χ1) is 3.68. The van der Waals surface area contributed by atoms with Gasteiger partial charge in [0.15, 0.2) is 0 Å². The van der Waals surface area contributed by atoms with E-state index in [1.165, 1.54) is 7.05 Å². The van der Waals surface area contributed by atoms with Crippen LogP contribution in [0.1, 0.15) is 19.8 Å². The molecule has 0 saturated heterocycles. The topological polar surface area (TPSA) is 43.4 Å². The normalized spacial score (nSPS) is 8.88. The largest absolute Gasteiger partial charge is 0.756 e. The summed E-state index contributed by atoms with van der Waals surface area (Å²) in [6.45, 7) is 1.86. The summed E-state index contributed by atoms with van der Waals surface area (Å²) in [6, 6.07) is 0. The van der Waals surface area contributed by atoms with Crippen LogP contribution in [0.4, 0.5) is 0 Å². The van der Waals surface area contributed by atoms with Gasteiger partial charge in [0.1, 0.15) is 0 Å². The molecule has 0 radical (unpaired) electrons. The molecule has 0 heterocycles. The van der Waals surface area contributed by atoms with Crippen molar-refractivity contribution in [1.82, 2.24) is 5.06 Å². The quantitative estimate of drug-likeness (QED) is 0.499. The van der Waals surface area contributed by atoms with Crippen molar-refractivity contribution in [2.75, 3.05) is 7.05 Å². The number of carbonyl (C=O) groups is 1. The van der Waals surface area contributed by atoms with E-state index in [0.29, 0.717) is 11.5 Å². The molecule has 0 atom stereocenters. The lowest BCUT2D eigenvalue weighted by Crippen LogP contribution is -2.18. The first-order valence-corrected chi connectivity index (χ1v) is 2.62. The molecule has 0 bridgehead atoms. The monoisotopic (exact) mass is 116 g/mol. The van der Waals surface area contributed by atoms with Crippen LogP contribution in [-0.4, -0.2) is 18.0 Å². The molecule has 0 spiro atoms. The number of carbonyl (C=O) groups excluding carboxylic acids is 1. The predicted molar refractivity (Wildman–Crippen MR) is 31.0 cm³/mol. The van der Waals surface area contributed by atoms with Gasteiger partial charge in [-0.1, -0.05) is 6.92 Å². The fraction of sp³-hybridized carbons (Fsp3) is 0.800. The van der Waals surface area contributed by atoms with Gasteiger partial charge in [-0.25, -0.2) is 0 Å². The minimum Gasteiger partial charge on any atom is -0.756 e. The van der Waals surface area contributed by atoms with E-state index in [-0.39, 0.29) is 5.91 Å². The maximum Gasteiger partial charge on any atom is 0.211 e. The van der Waals surface area contributed by atoms with Crippen LogP contribution < -0.4 is 0 Å². The van der Waals surface area contributed by atoms with Crippen molar-refractivity contribution in [3.8, 4) is 0 Å². The Kier molecular flexibility index (Phi) is 3.19. The molecule has 0 aromatic heterocycles. The van der Waals surface area contributed by atoms with E-state index in [1.54, 1.807) is 0 Å². The Morgan fingerprint density at radius 1 is 1.75 bits per heavy atom. The SMILES string of the molecule is CCCC(=O)N(C)[O-]. The average molecular weight is 116 g/mol. The predicted octanol–water partition coefficient (Wildman–Crippen LogP) is 0.743. The van der Waals surface area contributed by atoms with Crippen LogP contribution >= 0.6 is 0 Å². The molecule has 3 nitrogen and oxygen atoms in total. The molecule has 8 heavy (non-hydrogen) atoms. The van der Waals surface area contributed by atoms with Gasteiger partial charge in [-0.15, -0.1) is 0 Å². The number of hydroxylamine groups is 2. The third kappa shape index (κ3) is 2.58. The summed E-state index contributed by atoms with van der Waals surface area (Å²) in [4.78, 5) is 10.4. The van der Waals surface area contributed by atoms with Crippen LogP contribution in [0.5, 0.6) is 0 Å². The summed E-state index contributed by atoms with van der Waals surface area (Å²) in [7, 11) is 1.22. The molecule has 0 aliphatic carbocycles. The lowest BCUT2D eigenvalue weighted by atomic mass is 10.3. The first-order valence-electron chi connectivity index (χ1n) is 2.62. The third-order valence-corrected chi connectivity index (χ3v) is 0.815. The van der Waals surface area contributed by atoms with Gasteiger partial charge in [-0.3, -0.25) is 4.79 Å². The second-order valence-electron chi connectivity index (χ2n) is 1.64. The number of hydrogen-bond acceptors (Lipinski definition) is 2. The zero-order valence-corrected chi connectivity index (χ0v) is 5.18. The summed E-state index contributed by atoms with van der Waals surface area (Å²) < 4.78 is 0. The molecule has 0 saturated carbocycles. The highest BCUT2D eigenvalue weighted by Crippen LogP contribution is 1.90. The maximum atomic E-state index is 10.4. The molecule has 0 aliphatic rings. The summed E-state index contributed by atoms with van der Waals surface area (Å²) >= 11 is 0. The van der Waals surface area contributed by atoms with E-state index in [4.69, 9.17) is 0 Å². The minimum absolute atomic E-state index is 0.340. The smallest absolute Gasteiger partial charge is 0.211 e. The molecule has 0 aromatic carbocycles. The Hall–Kier alpha value is -0.570. The van der Waals surface area contributed by atoms with Gasteiger partial charge in [0, 0.05) is 6.42 Å². The summed E-state index contributed by atoms with van der Waals surface area (Å²) in [6.07, 6.45) is 1.10. The Bertz CT molecular complexity index is 80.5. The molecular formula is C5H10NO2-. The molecule has 0 aliphatic heterocycles. The summed E-state index contributed by atoms with van der Waals surface area (Å²) in [5, 5.41) is 10.5. The lowest BCUT2D eigenvalue weighted by molar-refractivity contribution is -0.127. The van der Waals surface area contributed by atoms with Crippen LogP contribution in [0, 0.1) is 5.21 Å². The molecule has 0 unspecified atom stereocenters. The molecule has 0 aromatic rings. The first kappa shape index (κ1) is 7.43. The maximum absolute atomic E-state index is 10.4. The Balaban J connectivity index is 3.33. The molecule has 0 N–H and O–H groups in total. The van der Waals surface area contributed by atoms with Gasteiger partial charge >= 0.3 is 0 Å². The lowest BCUT2D eigenvalue weighted by Gasteiger charge is -2.21. The van der Waals surface area contributed by atoms with Crippen molar-refractivity contribution >= 4 is 5.91 Å². The standard InChI is InChI=1S/C5H10NO2/c1-3-4-5(7)6(2)8/h3-4H2,1-2H3/q-1. The van der Waals surface area contributed by atoms with Crippen LogP contribution in [-0.2, 0) is 4.79 Å².